The minimum Gasteiger partial charge on any atom is -0.469 e. The van der Waals surface area contributed by atoms with E-state index in [0.717, 1.165) is 18.7 Å². The highest BCUT2D eigenvalue weighted by Gasteiger charge is 2.28. The number of hydrogen-bond acceptors (Lipinski definition) is 4. The second-order valence-corrected chi connectivity index (χ2v) is 5.68. The van der Waals surface area contributed by atoms with Gasteiger partial charge in [-0.3, -0.25) is 9.59 Å². The first-order chi connectivity index (χ1) is 10.2. The molecule has 0 aromatic heterocycles. The highest BCUT2D eigenvalue weighted by molar-refractivity contribution is 5.94. The number of nitrogens with zero attached hydrogens (tertiary/aromatic N) is 1. The Morgan fingerprint density at radius 1 is 1.19 bits per heavy atom. The number of benzene rings is 1. The van der Waals surface area contributed by atoms with Gasteiger partial charge >= 0.3 is 5.97 Å². The smallest absolute Gasteiger partial charge is 0.308 e. The lowest BCUT2D eigenvalue weighted by Gasteiger charge is -2.30. The Morgan fingerprint density at radius 2 is 1.90 bits per heavy atom. The molecule has 0 saturated carbocycles. The summed E-state index contributed by atoms with van der Waals surface area (Å²) in [4.78, 5) is 25.9. The zero-order chi connectivity index (χ0) is 14.8. The van der Waals surface area contributed by atoms with Crippen LogP contribution in [-0.4, -0.2) is 37.0 Å². The van der Waals surface area contributed by atoms with Crippen LogP contribution in [0.15, 0.2) is 18.2 Å². The number of carbonyl (C=O) groups excluding carboxylic acids is 2. The van der Waals surface area contributed by atoms with E-state index in [1.54, 1.807) is 0 Å². The van der Waals surface area contributed by atoms with Crippen molar-refractivity contribution in [1.29, 1.82) is 0 Å². The number of piperidine rings is 1. The summed E-state index contributed by atoms with van der Waals surface area (Å²) in [5.41, 5.74) is 3.23. The quantitative estimate of drug-likeness (QED) is 0.834. The fraction of sp³-hybridized carbons (Fsp3) is 0.500. The fourth-order valence-electron chi connectivity index (χ4n) is 3.10. The Morgan fingerprint density at radius 3 is 2.62 bits per heavy atom. The third-order valence-corrected chi connectivity index (χ3v) is 4.40. The van der Waals surface area contributed by atoms with E-state index in [9.17, 15) is 9.59 Å². The molecule has 1 aromatic carbocycles. The third-order valence-electron chi connectivity index (χ3n) is 4.40. The Labute approximate surface area is 124 Å². The van der Waals surface area contributed by atoms with E-state index >= 15 is 0 Å². The predicted octanol–water partition coefficient (Wildman–Crippen LogP) is 1.31. The summed E-state index contributed by atoms with van der Waals surface area (Å²) < 4.78 is 4.77. The van der Waals surface area contributed by atoms with E-state index in [0.29, 0.717) is 25.9 Å². The highest BCUT2D eigenvalue weighted by atomic mass is 16.5. The van der Waals surface area contributed by atoms with Crippen LogP contribution in [0, 0.1) is 5.92 Å². The van der Waals surface area contributed by atoms with E-state index in [1.165, 1.54) is 18.2 Å². The lowest BCUT2D eigenvalue weighted by molar-refractivity contribution is -0.146. The number of carbonyl (C=O) groups is 2. The Bertz CT molecular complexity index is 563. The molecule has 1 saturated heterocycles. The Hall–Kier alpha value is -1.88. The van der Waals surface area contributed by atoms with Gasteiger partial charge in [-0.15, -0.1) is 0 Å². The summed E-state index contributed by atoms with van der Waals surface area (Å²) in [6.45, 7) is 2.96. The predicted molar refractivity (Wildman–Crippen MR) is 77.6 cm³/mol. The molecule has 21 heavy (non-hydrogen) atoms. The van der Waals surface area contributed by atoms with Gasteiger partial charge in [0.05, 0.1) is 13.0 Å². The minimum absolute atomic E-state index is 0.0630. The van der Waals surface area contributed by atoms with Gasteiger partial charge in [0, 0.05) is 31.7 Å². The molecular formula is C16H20N2O3. The van der Waals surface area contributed by atoms with Crippen molar-refractivity contribution in [2.75, 3.05) is 20.2 Å². The second-order valence-electron chi connectivity index (χ2n) is 5.68. The highest BCUT2D eigenvalue weighted by Crippen LogP contribution is 2.22. The third kappa shape index (κ3) is 2.78. The molecule has 1 aromatic rings. The van der Waals surface area contributed by atoms with E-state index in [-0.39, 0.29) is 17.8 Å². The topological polar surface area (TPSA) is 58.6 Å². The second kappa shape index (κ2) is 5.85. The largest absolute Gasteiger partial charge is 0.469 e. The molecular weight excluding hydrogens is 268 g/mol. The van der Waals surface area contributed by atoms with E-state index in [2.05, 4.69) is 5.32 Å². The van der Waals surface area contributed by atoms with Crippen molar-refractivity contribution in [1.82, 2.24) is 10.2 Å². The van der Waals surface area contributed by atoms with Crippen LogP contribution in [0.4, 0.5) is 0 Å². The molecule has 0 atom stereocenters. The molecule has 112 valence electrons. The van der Waals surface area contributed by atoms with E-state index < -0.39 is 0 Å². The summed E-state index contributed by atoms with van der Waals surface area (Å²) in [6.07, 6.45) is 1.37. The number of fused-ring (bicyclic) bond motifs is 1. The van der Waals surface area contributed by atoms with Crippen molar-refractivity contribution in [3.63, 3.8) is 0 Å². The molecule has 2 heterocycles. The van der Waals surface area contributed by atoms with Crippen molar-refractivity contribution in [3.8, 4) is 0 Å². The first kappa shape index (κ1) is 14.1. The SMILES string of the molecule is COC(=O)C1CCN(C(=O)c2ccc3c(c2)CNC3)CC1. The maximum Gasteiger partial charge on any atom is 0.308 e. The molecule has 1 amide bonds. The van der Waals surface area contributed by atoms with Crippen LogP contribution in [0.1, 0.15) is 34.3 Å². The molecule has 0 radical (unpaired) electrons. The maximum atomic E-state index is 12.5. The van der Waals surface area contributed by atoms with Crippen LogP contribution in [0.25, 0.3) is 0 Å². The molecule has 1 N–H and O–H groups in total. The van der Waals surface area contributed by atoms with Crippen LogP contribution in [-0.2, 0) is 22.6 Å². The van der Waals surface area contributed by atoms with Crippen LogP contribution >= 0.6 is 0 Å². The summed E-state index contributed by atoms with van der Waals surface area (Å²) in [5.74, 6) is -0.165. The van der Waals surface area contributed by atoms with Gasteiger partial charge in [0.25, 0.3) is 5.91 Å². The number of nitrogens with one attached hydrogen (secondary N) is 1. The number of methoxy groups -OCH3 is 1. The number of hydrogen-bond donors (Lipinski definition) is 1. The van der Waals surface area contributed by atoms with Crippen molar-refractivity contribution in [3.05, 3.63) is 34.9 Å². The Balaban J connectivity index is 1.65. The van der Waals surface area contributed by atoms with Crippen LogP contribution in [0.2, 0.25) is 0 Å². The molecule has 2 aliphatic heterocycles. The average Bonchev–Trinajstić information content (AvgIpc) is 3.01. The normalized spacial score (nSPS) is 18.4. The lowest BCUT2D eigenvalue weighted by atomic mass is 9.96. The van der Waals surface area contributed by atoms with E-state index in [1.807, 2.05) is 23.1 Å². The van der Waals surface area contributed by atoms with Gasteiger partial charge in [-0.05, 0) is 36.1 Å². The monoisotopic (exact) mass is 288 g/mol. The van der Waals surface area contributed by atoms with Gasteiger partial charge in [0.1, 0.15) is 0 Å². The lowest BCUT2D eigenvalue weighted by Crippen LogP contribution is -2.40. The standard InChI is InChI=1S/C16H20N2O3/c1-21-16(20)11-4-6-18(7-5-11)15(19)12-2-3-13-9-17-10-14(13)8-12/h2-3,8,11,17H,4-7,9-10H2,1H3. The van der Waals surface area contributed by atoms with Crippen LogP contribution in [0.5, 0.6) is 0 Å². The molecule has 0 unspecified atom stereocenters. The maximum absolute atomic E-state index is 12.5. The van der Waals surface area contributed by atoms with E-state index in [4.69, 9.17) is 4.74 Å². The zero-order valence-corrected chi connectivity index (χ0v) is 12.2. The van der Waals surface area contributed by atoms with Crippen LogP contribution in [0.3, 0.4) is 0 Å². The van der Waals surface area contributed by atoms with Crippen molar-refractivity contribution < 1.29 is 14.3 Å². The number of rotatable bonds is 2. The molecule has 0 aliphatic carbocycles. The van der Waals surface area contributed by atoms with Crippen molar-refractivity contribution in [2.45, 2.75) is 25.9 Å². The first-order valence-corrected chi connectivity index (χ1v) is 7.38. The summed E-state index contributed by atoms with van der Waals surface area (Å²) in [6, 6.07) is 5.92. The Kier molecular flexibility index (Phi) is 3.92. The zero-order valence-electron chi connectivity index (χ0n) is 12.2. The minimum atomic E-state index is -0.161. The van der Waals surface area contributed by atoms with Gasteiger partial charge in [-0.1, -0.05) is 6.07 Å². The molecule has 0 bridgehead atoms. The first-order valence-electron chi connectivity index (χ1n) is 7.38. The molecule has 5 heteroatoms. The molecule has 1 fully saturated rings. The number of ether oxygens (including phenoxy) is 1. The summed E-state index contributed by atoms with van der Waals surface area (Å²) in [7, 11) is 1.42. The van der Waals surface area contributed by atoms with Crippen LogP contribution < -0.4 is 5.32 Å². The number of amides is 1. The van der Waals surface area contributed by atoms with Gasteiger partial charge in [-0.2, -0.15) is 0 Å². The van der Waals surface area contributed by atoms with Crippen molar-refractivity contribution in [2.24, 2.45) is 5.92 Å². The molecule has 3 rings (SSSR count). The number of likely N-dealkylation sites (tertiary alicyclic amines) is 1. The van der Waals surface area contributed by atoms with Gasteiger partial charge < -0.3 is 15.0 Å². The van der Waals surface area contributed by atoms with Gasteiger partial charge in [0.15, 0.2) is 0 Å². The molecule has 0 spiro atoms. The fourth-order valence-corrected chi connectivity index (χ4v) is 3.10. The van der Waals surface area contributed by atoms with Gasteiger partial charge in [0.2, 0.25) is 0 Å². The number of esters is 1. The average molecular weight is 288 g/mol. The molecule has 5 nitrogen and oxygen atoms in total. The molecule has 2 aliphatic rings. The summed E-state index contributed by atoms with van der Waals surface area (Å²) >= 11 is 0. The van der Waals surface area contributed by atoms with Gasteiger partial charge in [-0.25, -0.2) is 0 Å². The van der Waals surface area contributed by atoms with Crippen molar-refractivity contribution >= 4 is 11.9 Å². The summed E-state index contributed by atoms with van der Waals surface area (Å²) in [5, 5.41) is 3.28.